The van der Waals surface area contributed by atoms with E-state index in [4.69, 9.17) is 22.1 Å². The van der Waals surface area contributed by atoms with Crippen LogP contribution in [0.5, 0.6) is 0 Å². The van der Waals surface area contributed by atoms with Gasteiger partial charge in [-0.25, -0.2) is 9.36 Å². The van der Waals surface area contributed by atoms with Crippen LogP contribution >= 0.6 is 11.6 Å². The third-order valence-corrected chi connectivity index (χ3v) is 8.49. The molecule has 3 amide bonds. The number of ether oxygens (including phenoxy) is 1. The number of carbonyl (C=O) groups is 4. The van der Waals surface area contributed by atoms with Crippen LogP contribution < -0.4 is 5.73 Å². The number of benzene rings is 3. The maximum atomic E-state index is 13.9. The molecular formula is C35H33ClN6O5. The van der Waals surface area contributed by atoms with Crippen molar-refractivity contribution >= 4 is 52.0 Å². The summed E-state index contributed by atoms with van der Waals surface area (Å²) in [6, 6.07) is 20.2. The second kappa shape index (κ2) is 12.2. The molecule has 2 aliphatic rings. The number of aromatic nitrogens is 1. The number of piperazine rings is 1. The van der Waals surface area contributed by atoms with E-state index in [2.05, 4.69) is 0 Å². The second-order valence-corrected chi connectivity index (χ2v) is 13.2. The van der Waals surface area contributed by atoms with Gasteiger partial charge in [-0.15, -0.1) is 0 Å². The highest BCUT2D eigenvalue weighted by atomic mass is 35.5. The number of nitrogens with two attached hydrogens (primary N) is 1. The smallest absolute Gasteiger partial charge is 0.419 e. The lowest BCUT2D eigenvalue weighted by molar-refractivity contribution is -0.141. The molecule has 4 aromatic rings. The number of carbonyl (C=O) groups excluding carboxylic acids is 4. The van der Waals surface area contributed by atoms with E-state index in [9.17, 15) is 24.4 Å². The number of halogens is 1. The van der Waals surface area contributed by atoms with Crippen LogP contribution in [0.25, 0.3) is 10.9 Å². The number of hydrogen-bond acceptors (Lipinski definition) is 8. The molecule has 0 radical (unpaired) electrons. The van der Waals surface area contributed by atoms with Crippen LogP contribution in [-0.2, 0) is 22.6 Å². The fourth-order valence-corrected chi connectivity index (χ4v) is 6.36. The van der Waals surface area contributed by atoms with Gasteiger partial charge in [-0.05, 0) is 74.9 Å². The Balaban J connectivity index is 1.33. The molecule has 1 saturated heterocycles. The van der Waals surface area contributed by atoms with Crippen molar-refractivity contribution in [3.05, 3.63) is 99.7 Å². The molecule has 0 saturated carbocycles. The average Bonchev–Trinajstić information content (AvgIpc) is 3.47. The van der Waals surface area contributed by atoms with Crippen molar-refractivity contribution in [2.24, 2.45) is 0 Å². The molecule has 3 heterocycles. The van der Waals surface area contributed by atoms with E-state index in [0.29, 0.717) is 50.7 Å². The zero-order valence-electron chi connectivity index (χ0n) is 26.2. The van der Waals surface area contributed by atoms with Gasteiger partial charge >= 0.3 is 6.09 Å². The molecule has 11 nitrogen and oxygen atoms in total. The first kappa shape index (κ1) is 31.8. The Morgan fingerprint density at radius 2 is 1.70 bits per heavy atom. The topological polar surface area (TPSA) is 142 Å². The van der Waals surface area contributed by atoms with Crippen molar-refractivity contribution < 1.29 is 23.9 Å². The molecule has 240 valence electrons. The highest BCUT2D eigenvalue weighted by Gasteiger charge is 2.41. The SMILES string of the molecule is CC(C)(C)OC(=O)n1c(CN2CC(=O)N(Cc3ccc(C#N)c(N)c3)C(CN3C(=O)c4ccccc4C3=O)C2)cc2cc(Cl)ccc21. The molecule has 1 fully saturated rings. The Hall–Kier alpha value is -5.18. The molecule has 47 heavy (non-hydrogen) atoms. The minimum atomic E-state index is -0.745. The van der Waals surface area contributed by atoms with E-state index in [1.807, 2.05) is 17.0 Å². The van der Waals surface area contributed by atoms with Gasteiger partial charge in [-0.2, -0.15) is 5.26 Å². The summed E-state index contributed by atoms with van der Waals surface area (Å²) in [6.07, 6.45) is -0.559. The molecule has 1 aromatic heterocycles. The highest BCUT2D eigenvalue weighted by molar-refractivity contribution is 6.31. The number of nitrogens with zero attached hydrogens (tertiary/aromatic N) is 5. The summed E-state index contributed by atoms with van der Waals surface area (Å²) in [5, 5.41) is 10.6. The lowest BCUT2D eigenvalue weighted by Gasteiger charge is -2.42. The molecule has 0 bridgehead atoms. The third kappa shape index (κ3) is 6.30. The summed E-state index contributed by atoms with van der Waals surface area (Å²) in [6.45, 7) is 6.00. The highest BCUT2D eigenvalue weighted by Crippen LogP contribution is 2.29. The summed E-state index contributed by atoms with van der Waals surface area (Å²) in [4.78, 5) is 58.8. The van der Waals surface area contributed by atoms with E-state index in [0.717, 1.165) is 5.39 Å². The lowest BCUT2D eigenvalue weighted by atomic mass is 10.1. The van der Waals surface area contributed by atoms with Crippen molar-refractivity contribution in [1.29, 1.82) is 5.26 Å². The standard InChI is InChI=1S/C35H33ClN6O5/c1-35(2,3)47-34(46)42-25(14-23-13-24(36)10-11-30(23)42)17-39-18-26(19-41-32(44)27-6-4-5-7-28(27)33(41)45)40(31(43)20-39)16-21-8-9-22(15-37)29(38)12-21/h4-14,26H,16-20,38H2,1-3H3. The summed E-state index contributed by atoms with van der Waals surface area (Å²) >= 11 is 6.27. The minimum absolute atomic E-state index is 0.0149. The quantitative estimate of drug-likeness (QED) is 0.226. The first-order valence-corrected chi connectivity index (χ1v) is 15.5. The Labute approximate surface area is 276 Å². The predicted octanol–water partition coefficient (Wildman–Crippen LogP) is 5.04. The van der Waals surface area contributed by atoms with Crippen molar-refractivity contribution in [2.75, 3.05) is 25.4 Å². The Bertz CT molecular complexity index is 1960. The number of nitriles is 1. The van der Waals surface area contributed by atoms with E-state index in [1.54, 1.807) is 86.3 Å². The Morgan fingerprint density at radius 3 is 2.34 bits per heavy atom. The molecule has 12 heteroatoms. The molecule has 0 spiro atoms. The van der Waals surface area contributed by atoms with Crippen LogP contribution in [-0.4, -0.2) is 74.4 Å². The van der Waals surface area contributed by atoms with Gasteiger partial charge in [0.2, 0.25) is 5.91 Å². The summed E-state index contributed by atoms with van der Waals surface area (Å²) in [5.41, 5.74) is 8.51. The molecule has 6 rings (SSSR count). The van der Waals surface area contributed by atoms with Crippen molar-refractivity contribution in [3.8, 4) is 6.07 Å². The van der Waals surface area contributed by atoms with Gasteiger partial charge in [0.05, 0.1) is 41.3 Å². The van der Waals surface area contributed by atoms with Gasteiger partial charge in [0.15, 0.2) is 0 Å². The largest absolute Gasteiger partial charge is 0.443 e. The van der Waals surface area contributed by atoms with Crippen molar-refractivity contribution in [3.63, 3.8) is 0 Å². The minimum Gasteiger partial charge on any atom is -0.443 e. The number of hydrogen-bond donors (Lipinski definition) is 1. The van der Waals surface area contributed by atoms with Gasteiger partial charge in [-0.1, -0.05) is 29.8 Å². The van der Waals surface area contributed by atoms with Crippen molar-refractivity contribution in [1.82, 2.24) is 19.3 Å². The Kier molecular flexibility index (Phi) is 8.26. The van der Waals surface area contributed by atoms with Gasteiger partial charge in [-0.3, -0.25) is 24.2 Å². The normalized spacial score (nSPS) is 16.9. The van der Waals surface area contributed by atoms with Gasteiger partial charge < -0.3 is 15.4 Å². The maximum Gasteiger partial charge on any atom is 0.419 e. The van der Waals surface area contributed by atoms with Crippen LogP contribution in [0.1, 0.15) is 58.3 Å². The van der Waals surface area contributed by atoms with E-state index in [1.165, 1.54) is 9.47 Å². The van der Waals surface area contributed by atoms with Crippen LogP contribution in [0.3, 0.4) is 0 Å². The third-order valence-electron chi connectivity index (χ3n) is 8.25. The van der Waals surface area contributed by atoms with Gasteiger partial charge in [0.1, 0.15) is 11.7 Å². The molecule has 2 N–H and O–H groups in total. The zero-order chi connectivity index (χ0) is 33.6. The molecule has 3 aromatic carbocycles. The number of nitrogen functional groups attached to an aromatic ring is 1. The van der Waals surface area contributed by atoms with Crippen LogP contribution in [0.4, 0.5) is 10.5 Å². The van der Waals surface area contributed by atoms with Gasteiger partial charge in [0.25, 0.3) is 11.8 Å². The summed E-state index contributed by atoms with van der Waals surface area (Å²) in [7, 11) is 0. The number of amides is 3. The van der Waals surface area contributed by atoms with E-state index >= 15 is 0 Å². The fraction of sp³-hybridized carbons (Fsp3) is 0.286. The number of anilines is 1. The molecule has 1 atom stereocenters. The molecule has 0 aliphatic carbocycles. The molecule has 2 aliphatic heterocycles. The lowest BCUT2D eigenvalue weighted by Crippen LogP contribution is -2.59. The molecule has 1 unspecified atom stereocenters. The summed E-state index contributed by atoms with van der Waals surface area (Å²) in [5.74, 6) is -1.07. The van der Waals surface area contributed by atoms with E-state index < -0.39 is 29.6 Å². The zero-order valence-corrected chi connectivity index (χ0v) is 27.0. The van der Waals surface area contributed by atoms with Crippen LogP contribution in [0.2, 0.25) is 5.02 Å². The fourth-order valence-electron chi connectivity index (χ4n) is 6.18. The second-order valence-electron chi connectivity index (χ2n) is 12.8. The molecular weight excluding hydrogens is 620 g/mol. The first-order chi connectivity index (χ1) is 22.3. The summed E-state index contributed by atoms with van der Waals surface area (Å²) < 4.78 is 7.22. The first-order valence-electron chi connectivity index (χ1n) is 15.1. The van der Waals surface area contributed by atoms with E-state index in [-0.39, 0.29) is 32.1 Å². The average molecular weight is 653 g/mol. The number of rotatable bonds is 6. The van der Waals surface area contributed by atoms with Gasteiger partial charge in [0, 0.05) is 41.4 Å². The Morgan fingerprint density at radius 1 is 1.00 bits per heavy atom. The van der Waals surface area contributed by atoms with Crippen molar-refractivity contribution in [2.45, 2.75) is 45.5 Å². The number of fused-ring (bicyclic) bond motifs is 2. The van der Waals surface area contributed by atoms with Crippen LogP contribution in [0, 0.1) is 11.3 Å². The maximum absolute atomic E-state index is 13.9. The monoisotopic (exact) mass is 652 g/mol. The number of imide groups is 1. The van der Waals surface area contributed by atoms with Crippen LogP contribution in [0.15, 0.2) is 66.7 Å². The predicted molar refractivity (Wildman–Crippen MR) is 176 cm³/mol.